The Hall–Kier alpha value is -1.01. The molecular weight excluding hydrogens is 274 g/mol. The summed E-state index contributed by atoms with van der Waals surface area (Å²) in [6, 6.07) is 0.165. The van der Waals surface area contributed by atoms with E-state index in [4.69, 9.17) is 0 Å². The van der Waals surface area contributed by atoms with Crippen molar-refractivity contribution in [2.24, 2.45) is 7.05 Å². The number of aliphatic carboxylic acids is 1. The number of carbonyl (C=O) groups is 1. The number of thioether (sulfide) groups is 1. The molecule has 20 heavy (non-hydrogen) atoms. The molecule has 6 heteroatoms. The molecule has 0 aromatic carbocycles. The van der Waals surface area contributed by atoms with Crippen molar-refractivity contribution >= 4 is 17.7 Å². The molecule has 0 bridgehead atoms. The summed E-state index contributed by atoms with van der Waals surface area (Å²) < 4.78 is 1.99. The van der Waals surface area contributed by atoms with Crippen LogP contribution in [0, 0.1) is 0 Å². The molecule has 0 aliphatic carbocycles. The number of unbranched alkanes of at least 4 members (excludes halogenated alkanes) is 1. The molecule has 0 spiro atoms. The number of carboxylic acid groups (broad SMARTS) is 1. The quantitative estimate of drug-likeness (QED) is 0.542. The number of nitrogens with one attached hydrogen (secondary N) is 1. The van der Waals surface area contributed by atoms with Crippen LogP contribution in [-0.4, -0.2) is 38.0 Å². The van der Waals surface area contributed by atoms with E-state index in [2.05, 4.69) is 10.3 Å². The number of hydrogen-bond donors (Lipinski definition) is 2. The zero-order valence-electron chi connectivity index (χ0n) is 12.7. The van der Waals surface area contributed by atoms with Crippen LogP contribution in [0.15, 0.2) is 17.6 Å². The van der Waals surface area contributed by atoms with Crippen molar-refractivity contribution in [3.63, 3.8) is 0 Å². The number of carboxylic acids is 1. The Morgan fingerprint density at radius 1 is 1.55 bits per heavy atom. The van der Waals surface area contributed by atoms with Crippen molar-refractivity contribution in [3.8, 4) is 0 Å². The summed E-state index contributed by atoms with van der Waals surface area (Å²) in [7, 11) is 1.98. The van der Waals surface area contributed by atoms with E-state index in [-0.39, 0.29) is 6.04 Å². The van der Waals surface area contributed by atoms with Gasteiger partial charge in [0.1, 0.15) is 5.54 Å². The van der Waals surface area contributed by atoms with Gasteiger partial charge >= 0.3 is 5.97 Å². The predicted molar refractivity (Wildman–Crippen MR) is 82.1 cm³/mol. The second-order valence-corrected chi connectivity index (χ2v) is 6.62. The van der Waals surface area contributed by atoms with Gasteiger partial charge in [-0.15, -0.1) is 0 Å². The summed E-state index contributed by atoms with van der Waals surface area (Å²) >= 11 is 1.71. The summed E-state index contributed by atoms with van der Waals surface area (Å²) in [4.78, 5) is 15.6. The first-order valence-corrected chi connectivity index (χ1v) is 7.95. The van der Waals surface area contributed by atoms with Crippen LogP contribution in [0.1, 0.15) is 40.0 Å². The van der Waals surface area contributed by atoms with Crippen molar-refractivity contribution in [1.29, 1.82) is 0 Å². The van der Waals surface area contributed by atoms with E-state index in [1.54, 1.807) is 24.9 Å². The van der Waals surface area contributed by atoms with Gasteiger partial charge in [0.15, 0.2) is 5.16 Å². The predicted octanol–water partition coefficient (Wildman–Crippen LogP) is 2.52. The van der Waals surface area contributed by atoms with Gasteiger partial charge in [0.2, 0.25) is 0 Å². The van der Waals surface area contributed by atoms with Crippen molar-refractivity contribution in [2.75, 3.05) is 5.75 Å². The second-order valence-electron chi connectivity index (χ2n) is 5.56. The van der Waals surface area contributed by atoms with Gasteiger partial charge in [-0.3, -0.25) is 10.1 Å². The average Bonchev–Trinajstić information content (AvgIpc) is 2.73. The van der Waals surface area contributed by atoms with Crippen molar-refractivity contribution in [1.82, 2.24) is 14.9 Å². The molecule has 0 aliphatic rings. The highest BCUT2D eigenvalue weighted by atomic mass is 32.2. The van der Waals surface area contributed by atoms with Gasteiger partial charge in [-0.2, -0.15) is 0 Å². The summed E-state index contributed by atoms with van der Waals surface area (Å²) in [5, 5.41) is 13.5. The number of imidazole rings is 1. The highest BCUT2D eigenvalue weighted by Crippen LogP contribution is 2.20. The molecule has 114 valence electrons. The highest BCUT2D eigenvalue weighted by Gasteiger charge is 2.32. The molecule has 0 radical (unpaired) electrons. The van der Waals surface area contributed by atoms with Gasteiger partial charge in [0.25, 0.3) is 0 Å². The molecule has 1 atom stereocenters. The fraction of sp³-hybridized carbons (Fsp3) is 0.714. The van der Waals surface area contributed by atoms with Crippen molar-refractivity contribution in [3.05, 3.63) is 12.4 Å². The van der Waals surface area contributed by atoms with E-state index in [0.29, 0.717) is 6.42 Å². The molecule has 0 amide bonds. The Kier molecular flexibility index (Phi) is 6.55. The maximum absolute atomic E-state index is 11.4. The van der Waals surface area contributed by atoms with Crippen LogP contribution in [0.4, 0.5) is 0 Å². The Morgan fingerprint density at radius 3 is 2.75 bits per heavy atom. The van der Waals surface area contributed by atoms with Gasteiger partial charge in [0.05, 0.1) is 0 Å². The van der Waals surface area contributed by atoms with Crippen LogP contribution in [0.3, 0.4) is 0 Å². The number of aryl methyl sites for hydroxylation is 1. The van der Waals surface area contributed by atoms with Crippen molar-refractivity contribution < 1.29 is 9.90 Å². The minimum Gasteiger partial charge on any atom is -0.480 e. The van der Waals surface area contributed by atoms with E-state index >= 15 is 0 Å². The Morgan fingerprint density at radius 2 is 2.25 bits per heavy atom. The van der Waals surface area contributed by atoms with Crippen LogP contribution < -0.4 is 5.32 Å². The highest BCUT2D eigenvalue weighted by molar-refractivity contribution is 7.99. The van der Waals surface area contributed by atoms with Crippen LogP contribution in [0.2, 0.25) is 0 Å². The van der Waals surface area contributed by atoms with Gasteiger partial charge in [-0.05, 0) is 33.6 Å². The third kappa shape index (κ3) is 5.17. The summed E-state index contributed by atoms with van der Waals surface area (Å²) in [6.07, 6.45) is 6.23. The van der Waals surface area contributed by atoms with E-state index in [1.807, 2.05) is 31.7 Å². The number of aromatic nitrogens is 2. The molecule has 0 fully saturated rings. The van der Waals surface area contributed by atoms with Gasteiger partial charge in [-0.25, -0.2) is 4.98 Å². The summed E-state index contributed by atoms with van der Waals surface area (Å²) in [5.41, 5.74) is -0.831. The minimum absolute atomic E-state index is 0.165. The van der Waals surface area contributed by atoms with Crippen molar-refractivity contribution in [2.45, 2.75) is 56.8 Å². The normalized spacial score (nSPS) is 14.4. The zero-order chi connectivity index (χ0) is 15.2. The lowest BCUT2D eigenvalue weighted by Gasteiger charge is -2.28. The lowest BCUT2D eigenvalue weighted by molar-refractivity contribution is -0.144. The molecule has 2 N–H and O–H groups in total. The third-order valence-corrected chi connectivity index (χ3v) is 4.30. The fourth-order valence-electron chi connectivity index (χ4n) is 2.11. The van der Waals surface area contributed by atoms with Gasteiger partial charge in [-0.1, -0.05) is 18.2 Å². The first-order valence-electron chi connectivity index (χ1n) is 6.96. The van der Waals surface area contributed by atoms with Gasteiger partial charge in [0, 0.05) is 31.2 Å². The first kappa shape index (κ1) is 17.0. The maximum atomic E-state index is 11.4. The van der Waals surface area contributed by atoms with Crippen LogP contribution in [0.5, 0.6) is 0 Å². The Labute approximate surface area is 125 Å². The Balaban J connectivity index is 2.31. The monoisotopic (exact) mass is 299 g/mol. The smallest absolute Gasteiger partial charge is 0.323 e. The molecular formula is C14H25N3O2S. The largest absolute Gasteiger partial charge is 0.480 e. The molecule has 1 unspecified atom stereocenters. The molecule has 1 rings (SSSR count). The van der Waals surface area contributed by atoms with E-state index in [1.165, 1.54) is 0 Å². The summed E-state index contributed by atoms with van der Waals surface area (Å²) in [5.74, 6) is 0.186. The molecule has 1 aromatic heterocycles. The second kappa shape index (κ2) is 7.69. The van der Waals surface area contributed by atoms with Gasteiger partial charge < -0.3 is 9.67 Å². The van der Waals surface area contributed by atoms with E-state index in [9.17, 15) is 9.90 Å². The van der Waals surface area contributed by atoms with E-state index < -0.39 is 11.5 Å². The molecule has 5 nitrogen and oxygen atoms in total. The molecule has 0 saturated heterocycles. The molecule has 1 aromatic rings. The lowest BCUT2D eigenvalue weighted by Crippen LogP contribution is -2.52. The van der Waals surface area contributed by atoms with Crippen LogP contribution in [-0.2, 0) is 11.8 Å². The minimum atomic E-state index is -0.831. The number of nitrogens with zero attached hydrogens (tertiary/aromatic N) is 2. The topological polar surface area (TPSA) is 67.2 Å². The standard InChI is InChI=1S/C14H25N3O2S/c1-11(2)16-14(3,12(18)19)7-5-6-10-20-13-15-8-9-17(13)4/h8-9,11,16H,5-7,10H2,1-4H3,(H,18,19). The van der Waals surface area contributed by atoms with E-state index in [0.717, 1.165) is 23.8 Å². The fourth-order valence-corrected chi connectivity index (χ4v) is 3.04. The Bertz CT molecular complexity index is 434. The number of rotatable bonds is 9. The number of hydrogen-bond acceptors (Lipinski definition) is 4. The maximum Gasteiger partial charge on any atom is 0.323 e. The lowest BCUT2D eigenvalue weighted by atomic mass is 9.94. The molecule has 1 heterocycles. The third-order valence-electron chi connectivity index (χ3n) is 3.16. The zero-order valence-corrected chi connectivity index (χ0v) is 13.5. The average molecular weight is 299 g/mol. The molecule has 0 saturated carbocycles. The van der Waals surface area contributed by atoms with Crippen LogP contribution >= 0.6 is 11.8 Å². The molecule has 0 aliphatic heterocycles. The summed E-state index contributed by atoms with van der Waals surface area (Å²) in [6.45, 7) is 5.71. The van der Waals surface area contributed by atoms with Crippen LogP contribution in [0.25, 0.3) is 0 Å². The SMILES string of the molecule is CC(C)NC(C)(CCCCSc1nccn1C)C(=O)O. The first-order chi connectivity index (χ1) is 9.35.